The van der Waals surface area contributed by atoms with Crippen LogP contribution in [-0.4, -0.2) is 9.97 Å². The smallest absolute Gasteiger partial charge is 0.171 e. The van der Waals surface area contributed by atoms with Gasteiger partial charge in [0.05, 0.1) is 17.9 Å². The topological polar surface area (TPSA) is 37.8 Å². The molecule has 2 rings (SSSR count). The number of rotatable bonds is 3. The van der Waals surface area contributed by atoms with Crippen LogP contribution in [-0.2, 0) is 6.54 Å². The zero-order chi connectivity index (χ0) is 12.4. The largest absolute Gasteiger partial charge is 0.363 e. The first kappa shape index (κ1) is 12.3. The molecule has 0 aliphatic rings. The molecule has 0 unspecified atom stereocenters. The van der Waals surface area contributed by atoms with E-state index in [0.717, 1.165) is 17.9 Å². The van der Waals surface area contributed by atoms with Gasteiger partial charge < -0.3 is 5.32 Å². The van der Waals surface area contributed by atoms with E-state index in [1.165, 1.54) is 9.75 Å². The van der Waals surface area contributed by atoms with E-state index in [2.05, 4.69) is 34.3 Å². The molecule has 5 heteroatoms. The summed E-state index contributed by atoms with van der Waals surface area (Å²) in [7, 11) is 0. The van der Waals surface area contributed by atoms with Crippen LogP contribution < -0.4 is 5.32 Å². The van der Waals surface area contributed by atoms with Crippen LogP contribution in [0.2, 0.25) is 5.15 Å². The van der Waals surface area contributed by atoms with Gasteiger partial charge in [-0.25, -0.2) is 9.97 Å². The summed E-state index contributed by atoms with van der Waals surface area (Å²) in [6, 6.07) is 4.21. The maximum absolute atomic E-state index is 6.04. The molecule has 17 heavy (non-hydrogen) atoms. The van der Waals surface area contributed by atoms with Gasteiger partial charge in [0.1, 0.15) is 0 Å². The first-order valence-electron chi connectivity index (χ1n) is 5.36. The van der Waals surface area contributed by atoms with E-state index < -0.39 is 0 Å². The maximum Gasteiger partial charge on any atom is 0.171 e. The van der Waals surface area contributed by atoms with Gasteiger partial charge in [0.2, 0.25) is 0 Å². The summed E-state index contributed by atoms with van der Waals surface area (Å²) in [5.74, 6) is 0.654. The standard InChI is InChI=1S/C12H14ClN3S/c1-7-4-5-10(17-7)6-14-12-11(13)15-8(2)9(3)16-12/h4-5H,6H2,1-3H3,(H,14,16). The molecule has 90 valence electrons. The van der Waals surface area contributed by atoms with E-state index in [-0.39, 0.29) is 0 Å². The van der Waals surface area contributed by atoms with Gasteiger partial charge in [0.15, 0.2) is 11.0 Å². The van der Waals surface area contributed by atoms with Crippen molar-refractivity contribution >= 4 is 28.8 Å². The molecule has 0 aliphatic heterocycles. The number of anilines is 1. The minimum absolute atomic E-state index is 0.432. The Bertz CT molecular complexity index is 537. The van der Waals surface area contributed by atoms with Gasteiger partial charge in [-0.05, 0) is 32.9 Å². The quantitative estimate of drug-likeness (QED) is 0.921. The monoisotopic (exact) mass is 267 g/mol. The number of hydrogen-bond acceptors (Lipinski definition) is 4. The van der Waals surface area contributed by atoms with Crippen LogP contribution in [0.4, 0.5) is 5.82 Å². The first-order chi connectivity index (χ1) is 8.06. The number of thiophene rings is 1. The van der Waals surface area contributed by atoms with Crippen LogP contribution >= 0.6 is 22.9 Å². The van der Waals surface area contributed by atoms with E-state index in [9.17, 15) is 0 Å². The van der Waals surface area contributed by atoms with Crippen molar-refractivity contribution < 1.29 is 0 Å². The highest BCUT2D eigenvalue weighted by molar-refractivity contribution is 7.11. The predicted octanol–water partition coefficient (Wildman–Crippen LogP) is 3.73. The minimum Gasteiger partial charge on any atom is -0.363 e. The Balaban J connectivity index is 2.11. The maximum atomic E-state index is 6.04. The van der Waals surface area contributed by atoms with Crippen LogP contribution in [0.1, 0.15) is 21.1 Å². The second kappa shape index (κ2) is 5.02. The summed E-state index contributed by atoms with van der Waals surface area (Å²) in [6.45, 7) is 6.66. The fraction of sp³-hybridized carbons (Fsp3) is 0.333. The van der Waals surface area contributed by atoms with Crippen LogP contribution in [0.5, 0.6) is 0 Å². The number of aromatic nitrogens is 2. The van der Waals surface area contributed by atoms with Crippen molar-refractivity contribution in [3.8, 4) is 0 Å². The highest BCUT2D eigenvalue weighted by Gasteiger charge is 2.07. The molecule has 0 fully saturated rings. The predicted molar refractivity (Wildman–Crippen MR) is 72.9 cm³/mol. The SMILES string of the molecule is Cc1ccc(CNc2nc(C)c(C)nc2Cl)s1. The molecule has 1 N–H and O–H groups in total. The zero-order valence-electron chi connectivity index (χ0n) is 10.0. The lowest BCUT2D eigenvalue weighted by molar-refractivity contribution is 1.02. The Morgan fingerprint density at radius 3 is 2.53 bits per heavy atom. The van der Waals surface area contributed by atoms with Gasteiger partial charge in [-0.1, -0.05) is 11.6 Å². The normalized spacial score (nSPS) is 10.6. The summed E-state index contributed by atoms with van der Waals surface area (Å²) in [5, 5.41) is 3.65. The molecule has 0 amide bonds. The first-order valence-corrected chi connectivity index (χ1v) is 6.55. The van der Waals surface area contributed by atoms with Crippen molar-refractivity contribution in [2.24, 2.45) is 0 Å². The van der Waals surface area contributed by atoms with Gasteiger partial charge in [-0.2, -0.15) is 0 Å². The highest BCUT2D eigenvalue weighted by atomic mass is 35.5. The van der Waals surface area contributed by atoms with Crippen molar-refractivity contribution in [3.63, 3.8) is 0 Å². The average Bonchev–Trinajstić information content (AvgIpc) is 2.68. The third-order valence-electron chi connectivity index (χ3n) is 2.49. The minimum atomic E-state index is 0.432. The molecule has 0 bridgehead atoms. The lowest BCUT2D eigenvalue weighted by Gasteiger charge is -2.08. The van der Waals surface area contributed by atoms with Crippen molar-refractivity contribution in [1.29, 1.82) is 0 Å². The molecule has 0 saturated heterocycles. The molecule has 3 nitrogen and oxygen atoms in total. The zero-order valence-corrected chi connectivity index (χ0v) is 11.6. The van der Waals surface area contributed by atoms with Crippen LogP contribution in [0.3, 0.4) is 0 Å². The van der Waals surface area contributed by atoms with E-state index in [0.29, 0.717) is 11.0 Å². The Morgan fingerprint density at radius 1 is 1.18 bits per heavy atom. The molecule has 2 aromatic heterocycles. The number of nitrogens with zero attached hydrogens (tertiary/aromatic N) is 2. The van der Waals surface area contributed by atoms with Crippen LogP contribution in [0.25, 0.3) is 0 Å². The van der Waals surface area contributed by atoms with Crippen LogP contribution in [0, 0.1) is 20.8 Å². The fourth-order valence-corrected chi connectivity index (χ4v) is 2.51. The average molecular weight is 268 g/mol. The summed E-state index contributed by atoms with van der Waals surface area (Å²) in [6.07, 6.45) is 0. The summed E-state index contributed by atoms with van der Waals surface area (Å²) in [4.78, 5) is 11.2. The second-order valence-corrected chi connectivity index (χ2v) is 5.63. The lowest BCUT2D eigenvalue weighted by Crippen LogP contribution is -2.04. The van der Waals surface area contributed by atoms with Crippen LogP contribution in [0.15, 0.2) is 12.1 Å². The van der Waals surface area contributed by atoms with Crippen molar-refractivity contribution in [3.05, 3.63) is 38.4 Å². The summed E-state index contributed by atoms with van der Waals surface area (Å²) < 4.78 is 0. The molecule has 0 aliphatic carbocycles. The molecule has 0 spiro atoms. The Kier molecular flexibility index (Phi) is 3.64. The third-order valence-corrected chi connectivity index (χ3v) is 3.75. The Hall–Kier alpha value is -1.13. The van der Waals surface area contributed by atoms with E-state index >= 15 is 0 Å². The van der Waals surface area contributed by atoms with E-state index in [4.69, 9.17) is 11.6 Å². The molecular formula is C12H14ClN3S. The summed E-state index contributed by atoms with van der Waals surface area (Å²) in [5.41, 5.74) is 1.77. The molecule has 0 radical (unpaired) electrons. The second-order valence-electron chi connectivity index (χ2n) is 3.90. The molecule has 2 aromatic rings. The lowest BCUT2D eigenvalue weighted by atomic mass is 10.3. The number of hydrogen-bond donors (Lipinski definition) is 1. The van der Waals surface area contributed by atoms with Crippen molar-refractivity contribution in [2.45, 2.75) is 27.3 Å². The van der Waals surface area contributed by atoms with Gasteiger partial charge >= 0.3 is 0 Å². The van der Waals surface area contributed by atoms with Gasteiger partial charge in [-0.3, -0.25) is 0 Å². The Labute approximate surface area is 110 Å². The third kappa shape index (κ3) is 2.96. The molecule has 0 aromatic carbocycles. The van der Waals surface area contributed by atoms with Crippen molar-refractivity contribution in [1.82, 2.24) is 9.97 Å². The van der Waals surface area contributed by atoms with Gasteiger partial charge in [0.25, 0.3) is 0 Å². The molecular weight excluding hydrogens is 254 g/mol. The van der Waals surface area contributed by atoms with E-state index in [1.807, 2.05) is 13.8 Å². The highest BCUT2D eigenvalue weighted by Crippen LogP contribution is 2.21. The summed E-state index contributed by atoms with van der Waals surface area (Å²) >= 11 is 7.81. The van der Waals surface area contributed by atoms with Gasteiger partial charge in [-0.15, -0.1) is 11.3 Å². The fourth-order valence-electron chi connectivity index (χ4n) is 1.44. The molecule has 0 atom stereocenters. The number of aryl methyl sites for hydroxylation is 3. The van der Waals surface area contributed by atoms with Crippen molar-refractivity contribution in [2.75, 3.05) is 5.32 Å². The number of nitrogens with one attached hydrogen (secondary N) is 1. The van der Waals surface area contributed by atoms with E-state index in [1.54, 1.807) is 11.3 Å². The number of halogens is 1. The Morgan fingerprint density at radius 2 is 1.88 bits per heavy atom. The van der Waals surface area contributed by atoms with Gasteiger partial charge in [0, 0.05) is 9.75 Å². The molecule has 0 saturated carbocycles. The molecule has 2 heterocycles.